The minimum absolute atomic E-state index is 0.202. The van der Waals surface area contributed by atoms with E-state index >= 15 is 0 Å². The predicted molar refractivity (Wildman–Crippen MR) is 80.3 cm³/mol. The SMILES string of the molecule is Cc1ccc(F)cc1CNc1ccc(Br)cc1Br. The molecule has 2 aromatic carbocycles. The highest BCUT2D eigenvalue weighted by atomic mass is 79.9. The molecule has 94 valence electrons. The maximum atomic E-state index is 13.2. The lowest BCUT2D eigenvalue weighted by Crippen LogP contribution is -2.02. The molecule has 18 heavy (non-hydrogen) atoms. The molecule has 0 aliphatic rings. The Morgan fingerprint density at radius 2 is 1.89 bits per heavy atom. The first-order valence-corrected chi connectivity index (χ1v) is 7.09. The molecule has 0 amide bonds. The molecule has 0 saturated heterocycles. The first-order valence-electron chi connectivity index (χ1n) is 5.50. The van der Waals surface area contributed by atoms with Gasteiger partial charge in [0.05, 0.1) is 0 Å². The predicted octanol–water partition coefficient (Wildman–Crippen LogP) is 5.27. The van der Waals surface area contributed by atoms with Crippen molar-refractivity contribution in [2.24, 2.45) is 0 Å². The van der Waals surface area contributed by atoms with Crippen molar-refractivity contribution in [2.75, 3.05) is 5.32 Å². The van der Waals surface area contributed by atoms with Crippen LogP contribution in [-0.4, -0.2) is 0 Å². The Bertz CT molecular complexity index is 570. The van der Waals surface area contributed by atoms with E-state index in [2.05, 4.69) is 37.2 Å². The van der Waals surface area contributed by atoms with E-state index in [9.17, 15) is 4.39 Å². The van der Waals surface area contributed by atoms with Gasteiger partial charge in [-0.25, -0.2) is 4.39 Å². The molecule has 0 radical (unpaired) electrons. The molecule has 1 N–H and O–H groups in total. The average Bonchev–Trinajstić information content (AvgIpc) is 2.32. The van der Waals surface area contributed by atoms with E-state index in [4.69, 9.17) is 0 Å². The molecule has 0 aliphatic heterocycles. The molecule has 0 atom stereocenters. The van der Waals surface area contributed by atoms with Gasteiger partial charge < -0.3 is 5.32 Å². The maximum absolute atomic E-state index is 13.2. The summed E-state index contributed by atoms with van der Waals surface area (Å²) in [7, 11) is 0. The molecule has 4 heteroatoms. The van der Waals surface area contributed by atoms with Gasteiger partial charge in [-0.3, -0.25) is 0 Å². The highest BCUT2D eigenvalue weighted by Gasteiger charge is 2.03. The van der Waals surface area contributed by atoms with Crippen LogP contribution < -0.4 is 5.32 Å². The van der Waals surface area contributed by atoms with E-state index in [1.54, 1.807) is 12.1 Å². The molecule has 0 aliphatic carbocycles. The maximum Gasteiger partial charge on any atom is 0.123 e. The Hall–Kier alpha value is -0.870. The molecule has 0 spiro atoms. The molecular formula is C14H12Br2FN. The van der Waals surface area contributed by atoms with Crippen molar-refractivity contribution in [3.8, 4) is 0 Å². The Morgan fingerprint density at radius 3 is 2.61 bits per heavy atom. The van der Waals surface area contributed by atoms with Crippen molar-refractivity contribution < 1.29 is 4.39 Å². The standard InChI is InChI=1S/C14H12Br2FN/c1-9-2-4-12(17)6-10(9)8-18-14-5-3-11(15)7-13(14)16/h2-7,18H,8H2,1H3. The van der Waals surface area contributed by atoms with Gasteiger partial charge in [0.15, 0.2) is 0 Å². The lowest BCUT2D eigenvalue weighted by Gasteiger charge is -2.11. The number of nitrogens with one attached hydrogen (secondary N) is 1. The topological polar surface area (TPSA) is 12.0 Å². The minimum atomic E-state index is -0.202. The molecular weight excluding hydrogens is 361 g/mol. The molecule has 2 rings (SSSR count). The monoisotopic (exact) mass is 371 g/mol. The van der Waals surface area contributed by atoms with E-state index in [0.29, 0.717) is 6.54 Å². The van der Waals surface area contributed by atoms with Crippen molar-refractivity contribution in [3.63, 3.8) is 0 Å². The summed E-state index contributed by atoms with van der Waals surface area (Å²) >= 11 is 6.89. The summed E-state index contributed by atoms with van der Waals surface area (Å²) < 4.78 is 15.2. The third-order valence-corrected chi connectivity index (χ3v) is 3.86. The summed E-state index contributed by atoms with van der Waals surface area (Å²) in [6, 6.07) is 10.8. The highest BCUT2D eigenvalue weighted by Crippen LogP contribution is 2.26. The van der Waals surface area contributed by atoms with Gasteiger partial charge in [0, 0.05) is 21.2 Å². The van der Waals surface area contributed by atoms with E-state index in [0.717, 1.165) is 25.8 Å². The van der Waals surface area contributed by atoms with Crippen molar-refractivity contribution in [2.45, 2.75) is 13.5 Å². The van der Waals surface area contributed by atoms with Crippen LogP contribution in [0.25, 0.3) is 0 Å². The quantitative estimate of drug-likeness (QED) is 0.773. The van der Waals surface area contributed by atoms with Crippen molar-refractivity contribution in [3.05, 3.63) is 62.3 Å². The fourth-order valence-electron chi connectivity index (χ4n) is 1.65. The highest BCUT2D eigenvalue weighted by molar-refractivity contribution is 9.11. The third-order valence-electron chi connectivity index (χ3n) is 2.71. The lowest BCUT2D eigenvalue weighted by molar-refractivity contribution is 0.625. The Morgan fingerprint density at radius 1 is 1.11 bits per heavy atom. The smallest absolute Gasteiger partial charge is 0.123 e. The number of aryl methyl sites for hydroxylation is 1. The van der Waals surface area contributed by atoms with Crippen LogP contribution in [0.4, 0.5) is 10.1 Å². The average molecular weight is 373 g/mol. The van der Waals surface area contributed by atoms with Crippen molar-refractivity contribution >= 4 is 37.5 Å². The molecule has 0 bridgehead atoms. The van der Waals surface area contributed by atoms with Crippen molar-refractivity contribution in [1.82, 2.24) is 0 Å². The van der Waals surface area contributed by atoms with Gasteiger partial charge in [0.25, 0.3) is 0 Å². The zero-order valence-corrected chi connectivity index (χ0v) is 13.0. The van der Waals surface area contributed by atoms with Crippen LogP contribution in [0.15, 0.2) is 45.3 Å². The first-order chi connectivity index (χ1) is 8.56. The second-order valence-corrected chi connectivity index (χ2v) is 5.82. The summed E-state index contributed by atoms with van der Waals surface area (Å²) in [4.78, 5) is 0. The zero-order valence-electron chi connectivity index (χ0n) is 9.81. The number of rotatable bonds is 3. The third kappa shape index (κ3) is 3.33. The summed E-state index contributed by atoms with van der Waals surface area (Å²) in [6.07, 6.45) is 0. The van der Waals surface area contributed by atoms with E-state index < -0.39 is 0 Å². The largest absolute Gasteiger partial charge is 0.380 e. The molecule has 2 aromatic rings. The fourth-order valence-corrected chi connectivity index (χ4v) is 2.84. The number of benzene rings is 2. The first kappa shape index (κ1) is 13.6. The zero-order chi connectivity index (χ0) is 13.1. The Balaban J connectivity index is 2.13. The van der Waals surface area contributed by atoms with Gasteiger partial charge in [0.1, 0.15) is 5.82 Å². The molecule has 0 saturated carbocycles. The lowest BCUT2D eigenvalue weighted by atomic mass is 10.1. The number of hydrogen-bond acceptors (Lipinski definition) is 1. The van der Waals surface area contributed by atoms with Gasteiger partial charge in [-0.2, -0.15) is 0 Å². The number of anilines is 1. The fraction of sp³-hybridized carbons (Fsp3) is 0.143. The van der Waals surface area contributed by atoms with E-state index in [1.165, 1.54) is 6.07 Å². The van der Waals surface area contributed by atoms with Crippen LogP contribution >= 0.6 is 31.9 Å². The molecule has 0 unspecified atom stereocenters. The van der Waals surface area contributed by atoms with Gasteiger partial charge in [0.2, 0.25) is 0 Å². The second-order valence-electron chi connectivity index (χ2n) is 4.05. The van der Waals surface area contributed by atoms with Crippen LogP contribution in [0.3, 0.4) is 0 Å². The van der Waals surface area contributed by atoms with Gasteiger partial charge in [-0.05, 0) is 64.3 Å². The number of hydrogen-bond donors (Lipinski definition) is 1. The van der Waals surface area contributed by atoms with Gasteiger partial charge >= 0.3 is 0 Å². The summed E-state index contributed by atoms with van der Waals surface area (Å²) in [5, 5.41) is 3.29. The molecule has 1 nitrogen and oxygen atoms in total. The summed E-state index contributed by atoms with van der Waals surface area (Å²) in [5.74, 6) is -0.202. The molecule has 0 aromatic heterocycles. The Kier molecular flexibility index (Phi) is 4.40. The molecule has 0 heterocycles. The summed E-state index contributed by atoms with van der Waals surface area (Å²) in [6.45, 7) is 2.58. The van der Waals surface area contributed by atoms with Gasteiger partial charge in [-0.15, -0.1) is 0 Å². The Labute approximate surface area is 123 Å². The van der Waals surface area contributed by atoms with Crippen LogP contribution in [-0.2, 0) is 6.54 Å². The minimum Gasteiger partial charge on any atom is -0.380 e. The second kappa shape index (κ2) is 5.85. The van der Waals surface area contributed by atoms with Crippen LogP contribution in [0.5, 0.6) is 0 Å². The van der Waals surface area contributed by atoms with Crippen LogP contribution in [0.2, 0.25) is 0 Å². The number of halogens is 3. The molecule has 0 fully saturated rings. The normalized spacial score (nSPS) is 10.4. The van der Waals surface area contributed by atoms with Crippen LogP contribution in [0.1, 0.15) is 11.1 Å². The van der Waals surface area contributed by atoms with E-state index in [1.807, 2.05) is 25.1 Å². The van der Waals surface area contributed by atoms with Crippen LogP contribution in [0, 0.1) is 12.7 Å². The summed E-state index contributed by atoms with van der Waals surface area (Å²) in [5.41, 5.74) is 3.03. The van der Waals surface area contributed by atoms with Gasteiger partial charge in [-0.1, -0.05) is 22.0 Å². The van der Waals surface area contributed by atoms with E-state index in [-0.39, 0.29) is 5.82 Å². The van der Waals surface area contributed by atoms with Crippen molar-refractivity contribution in [1.29, 1.82) is 0 Å².